The number of nitrogens with zero attached hydrogens (tertiary/aromatic N) is 1. The molecule has 0 aliphatic rings. The summed E-state index contributed by atoms with van der Waals surface area (Å²) in [4.78, 5) is 27.4. The highest BCUT2D eigenvalue weighted by Crippen LogP contribution is 2.41. The number of halogens is 3. The van der Waals surface area contributed by atoms with Crippen molar-refractivity contribution in [1.82, 2.24) is 4.98 Å². The van der Waals surface area contributed by atoms with E-state index in [2.05, 4.69) is 4.98 Å². The third-order valence-corrected chi connectivity index (χ3v) is 2.85. The Hall–Kier alpha value is -2.52. The molecule has 7 nitrogen and oxygen atoms in total. The van der Waals surface area contributed by atoms with Crippen LogP contribution in [0, 0.1) is 0 Å². The number of aromatic nitrogens is 1. The Kier molecular flexibility index (Phi) is 7.05. The summed E-state index contributed by atoms with van der Waals surface area (Å²) >= 11 is 0. The van der Waals surface area contributed by atoms with Crippen molar-refractivity contribution >= 4 is 11.9 Å². The Morgan fingerprint density at radius 3 is 1.81 bits per heavy atom. The minimum Gasteiger partial charge on any atom is -0.489 e. The maximum Gasteiger partial charge on any atom is 0.434 e. The molecule has 10 heteroatoms. The number of alkyl halides is 3. The van der Waals surface area contributed by atoms with Gasteiger partial charge in [0.15, 0.2) is 17.0 Å². The molecule has 0 aliphatic carbocycles. The van der Waals surface area contributed by atoms with Gasteiger partial charge in [0.25, 0.3) is 0 Å². The van der Waals surface area contributed by atoms with Crippen molar-refractivity contribution in [3.05, 3.63) is 16.8 Å². The van der Waals surface area contributed by atoms with E-state index >= 15 is 0 Å². The third-order valence-electron chi connectivity index (χ3n) is 2.85. The largest absolute Gasteiger partial charge is 0.489 e. The van der Waals surface area contributed by atoms with Gasteiger partial charge in [-0.05, 0) is 41.5 Å². The first-order chi connectivity index (χ1) is 12.3. The van der Waals surface area contributed by atoms with Crippen molar-refractivity contribution in [3.8, 4) is 11.6 Å². The maximum absolute atomic E-state index is 13.4. The SMILES string of the molecule is CC(C)OC(=O)c1c(OC(C)C)nc(C(F)(F)F)c(C(=O)O)c1OC(C)C. The normalized spacial score (nSPS) is 11.9. The number of pyridine rings is 1. The first kappa shape index (κ1) is 22.5. The molecule has 0 atom stereocenters. The van der Waals surface area contributed by atoms with Crippen LogP contribution in [0.5, 0.6) is 11.6 Å². The Morgan fingerprint density at radius 1 is 0.926 bits per heavy atom. The van der Waals surface area contributed by atoms with E-state index in [1.807, 2.05) is 0 Å². The lowest BCUT2D eigenvalue weighted by Gasteiger charge is -2.22. The van der Waals surface area contributed by atoms with Crippen LogP contribution in [-0.4, -0.2) is 40.3 Å². The summed E-state index contributed by atoms with van der Waals surface area (Å²) in [7, 11) is 0. The predicted molar refractivity (Wildman–Crippen MR) is 88.3 cm³/mol. The van der Waals surface area contributed by atoms with Crippen molar-refractivity contribution in [3.63, 3.8) is 0 Å². The summed E-state index contributed by atoms with van der Waals surface area (Å²) in [6.45, 7) is 9.03. The van der Waals surface area contributed by atoms with Crippen molar-refractivity contribution in [2.24, 2.45) is 0 Å². The summed E-state index contributed by atoms with van der Waals surface area (Å²) in [5.74, 6) is -4.54. The van der Waals surface area contributed by atoms with Crippen molar-refractivity contribution in [1.29, 1.82) is 0 Å². The fraction of sp³-hybridized carbons (Fsp3) is 0.588. The van der Waals surface area contributed by atoms with Crippen LogP contribution in [0.3, 0.4) is 0 Å². The number of esters is 1. The zero-order valence-electron chi connectivity index (χ0n) is 15.8. The minimum atomic E-state index is -5.11. The topological polar surface area (TPSA) is 95.0 Å². The summed E-state index contributed by atoms with van der Waals surface area (Å²) < 4.78 is 55.9. The van der Waals surface area contributed by atoms with E-state index in [1.165, 1.54) is 41.5 Å². The van der Waals surface area contributed by atoms with Gasteiger partial charge in [0.05, 0.1) is 18.3 Å². The molecule has 0 radical (unpaired) electrons. The molecule has 0 bridgehead atoms. The van der Waals surface area contributed by atoms with Gasteiger partial charge in [-0.3, -0.25) is 0 Å². The number of carbonyl (C=O) groups excluding carboxylic acids is 1. The molecule has 1 heterocycles. The van der Waals surface area contributed by atoms with Crippen LogP contribution >= 0.6 is 0 Å². The predicted octanol–water partition coefficient (Wildman–Crippen LogP) is 3.94. The van der Waals surface area contributed by atoms with E-state index in [1.54, 1.807) is 0 Å². The monoisotopic (exact) mass is 393 g/mol. The molecule has 0 saturated carbocycles. The Balaban J connectivity index is 3.95. The van der Waals surface area contributed by atoms with Crippen LogP contribution < -0.4 is 9.47 Å². The number of rotatable bonds is 7. The van der Waals surface area contributed by atoms with E-state index < -0.39 is 64.9 Å². The molecule has 0 aliphatic heterocycles. The molecule has 0 saturated heterocycles. The van der Waals surface area contributed by atoms with Crippen LogP contribution in [0.2, 0.25) is 0 Å². The number of hydrogen-bond donors (Lipinski definition) is 1. The van der Waals surface area contributed by atoms with Gasteiger partial charge in [0.2, 0.25) is 5.88 Å². The number of carboxylic acid groups (broad SMARTS) is 1. The van der Waals surface area contributed by atoms with Crippen LogP contribution in [0.1, 0.15) is 68.0 Å². The van der Waals surface area contributed by atoms with Crippen molar-refractivity contribution in [2.45, 2.75) is 66.0 Å². The molecular weight excluding hydrogens is 371 g/mol. The smallest absolute Gasteiger partial charge is 0.434 e. The summed E-state index contributed by atoms with van der Waals surface area (Å²) in [6.07, 6.45) is -7.11. The molecule has 0 fully saturated rings. The van der Waals surface area contributed by atoms with Gasteiger partial charge in [0, 0.05) is 0 Å². The Morgan fingerprint density at radius 2 is 1.44 bits per heavy atom. The lowest BCUT2D eigenvalue weighted by molar-refractivity contribution is -0.142. The van der Waals surface area contributed by atoms with Crippen LogP contribution in [0.15, 0.2) is 0 Å². The van der Waals surface area contributed by atoms with Crippen molar-refractivity contribution in [2.75, 3.05) is 0 Å². The summed E-state index contributed by atoms with van der Waals surface area (Å²) in [5.41, 5.74) is -3.60. The molecule has 0 amide bonds. The molecule has 1 aromatic rings. The molecule has 1 rings (SSSR count). The van der Waals surface area contributed by atoms with Gasteiger partial charge in [-0.25, -0.2) is 14.6 Å². The zero-order chi connectivity index (χ0) is 21.1. The fourth-order valence-corrected chi connectivity index (χ4v) is 2.06. The number of ether oxygens (including phenoxy) is 3. The minimum absolute atomic E-state index is 0.600. The fourth-order valence-electron chi connectivity index (χ4n) is 2.06. The highest BCUT2D eigenvalue weighted by Gasteiger charge is 2.43. The average molecular weight is 393 g/mol. The van der Waals surface area contributed by atoms with Crippen LogP contribution in [0.4, 0.5) is 13.2 Å². The van der Waals surface area contributed by atoms with E-state index in [4.69, 9.17) is 14.2 Å². The van der Waals surface area contributed by atoms with E-state index in [0.717, 1.165) is 0 Å². The molecule has 152 valence electrons. The van der Waals surface area contributed by atoms with Gasteiger partial charge >= 0.3 is 18.1 Å². The maximum atomic E-state index is 13.4. The third kappa shape index (κ3) is 5.73. The van der Waals surface area contributed by atoms with Gasteiger partial charge < -0.3 is 19.3 Å². The zero-order valence-corrected chi connectivity index (χ0v) is 15.8. The quantitative estimate of drug-likeness (QED) is 0.701. The Bertz CT molecular complexity index is 714. The molecule has 0 aromatic carbocycles. The summed E-state index contributed by atoms with van der Waals surface area (Å²) in [6, 6.07) is 0. The van der Waals surface area contributed by atoms with E-state index in [9.17, 15) is 27.9 Å². The number of hydrogen-bond acceptors (Lipinski definition) is 6. The van der Waals surface area contributed by atoms with E-state index in [0.29, 0.717) is 0 Å². The highest BCUT2D eigenvalue weighted by molar-refractivity contribution is 6.02. The lowest BCUT2D eigenvalue weighted by atomic mass is 10.1. The van der Waals surface area contributed by atoms with Crippen LogP contribution in [-0.2, 0) is 10.9 Å². The second-order valence-electron chi connectivity index (χ2n) is 6.43. The highest BCUT2D eigenvalue weighted by atomic mass is 19.4. The average Bonchev–Trinajstić information content (AvgIpc) is 2.42. The second kappa shape index (κ2) is 8.45. The van der Waals surface area contributed by atoms with Crippen LogP contribution in [0.25, 0.3) is 0 Å². The first-order valence-electron chi connectivity index (χ1n) is 8.18. The second-order valence-corrected chi connectivity index (χ2v) is 6.43. The Labute approximate surface area is 154 Å². The van der Waals surface area contributed by atoms with Gasteiger partial charge in [-0.15, -0.1) is 0 Å². The van der Waals surface area contributed by atoms with Gasteiger partial charge in [-0.2, -0.15) is 13.2 Å². The molecule has 27 heavy (non-hydrogen) atoms. The molecular formula is C17H22F3NO6. The summed E-state index contributed by atoms with van der Waals surface area (Å²) in [5, 5.41) is 9.37. The molecule has 0 unspecified atom stereocenters. The van der Waals surface area contributed by atoms with Crippen molar-refractivity contribution < 1.29 is 42.1 Å². The van der Waals surface area contributed by atoms with Gasteiger partial charge in [-0.1, -0.05) is 0 Å². The van der Waals surface area contributed by atoms with E-state index in [-0.39, 0.29) is 0 Å². The standard InChI is InChI=1S/C17H22F3NO6/c1-7(2)25-12-10(15(22)23)13(17(18,19)20)21-14(26-8(3)4)11(12)16(24)27-9(5)6/h7-9H,1-6H3,(H,22,23). The lowest BCUT2D eigenvalue weighted by Crippen LogP contribution is -2.25. The molecule has 1 aromatic heterocycles. The van der Waals surface area contributed by atoms with Gasteiger partial charge in [0.1, 0.15) is 5.56 Å². The first-order valence-corrected chi connectivity index (χ1v) is 8.18. The number of carboxylic acids is 1. The molecule has 0 spiro atoms. The number of carbonyl (C=O) groups is 2. The molecule has 1 N–H and O–H groups in total. The number of aromatic carboxylic acids is 1.